The van der Waals surface area contributed by atoms with Crippen LogP contribution in [0.5, 0.6) is 5.75 Å². The number of hydrogen-bond donors (Lipinski definition) is 0. The maximum atomic E-state index is 14.0. The van der Waals surface area contributed by atoms with Gasteiger partial charge in [-0.2, -0.15) is 0 Å². The Balaban J connectivity index is 1.64. The Morgan fingerprint density at radius 3 is 1.68 bits per heavy atom. The van der Waals surface area contributed by atoms with Crippen LogP contribution in [-0.2, 0) is 19.3 Å². The minimum absolute atomic E-state index is 0.165. The predicted octanol–water partition coefficient (Wildman–Crippen LogP) is 4.70. The van der Waals surface area contributed by atoms with E-state index in [-0.39, 0.29) is 11.4 Å². The molecular weight excluding hydrogens is 479 g/mol. The SMILES string of the molecule is COc1ccc([N+](=O)[O-])c(N2C(=O)[C@@H]3[C@H](C2=O)C2(Cl)c4ccccc4C3(Cl)c3ccccc32)c1. The summed E-state index contributed by atoms with van der Waals surface area (Å²) in [4.78, 5) is 37.3. The third kappa shape index (κ3) is 2.28. The molecule has 1 heterocycles. The topological polar surface area (TPSA) is 89.8 Å². The van der Waals surface area contributed by atoms with Crippen LogP contribution >= 0.6 is 23.2 Å². The number of imide groups is 1. The van der Waals surface area contributed by atoms with Gasteiger partial charge in [0.25, 0.3) is 5.69 Å². The number of methoxy groups -OCH3 is 1. The number of alkyl halides is 2. The lowest BCUT2D eigenvalue weighted by Crippen LogP contribution is -2.57. The Labute approximate surface area is 204 Å². The molecule has 9 heteroatoms. The Morgan fingerprint density at radius 2 is 1.29 bits per heavy atom. The van der Waals surface area contributed by atoms with Crippen LogP contribution in [0.2, 0.25) is 0 Å². The molecule has 3 aromatic carbocycles. The van der Waals surface area contributed by atoms with Crippen LogP contribution < -0.4 is 9.64 Å². The van der Waals surface area contributed by atoms with E-state index in [0.29, 0.717) is 22.3 Å². The van der Waals surface area contributed by atoms with Crippen LogP contribution in [0.3, 0.4) is 0 Å². The molecule has 0 N–H and O–H groups in total. The molecule has 1 saturated heterocycles. The molecule has 4 aliphatic rings. The first-order chi connectivity index (χ1) is 16.3. The number of anilines is 1. The number of amides is 2. The van der Waals surface area contributed by atoms with Crippen molar-refractivity contribution in [3.63, 3.8) is 0 Å². The zero-order valence-electron chi connectivity index (χ0n) is 17.7. The molecule has 0 radical (unpaired) electrons. The summed E-state index contributed by atoms with van der Waals surface area (Å²) in [6.45, 7) is 0. The zero-order valence-corrected chi connectivity index (χ0v) is 19.2. The van der Waals surface area contributed by atoms with E-state index in [4.69, 9.17) is 27.9 Å². The van der Waals surface area contributed by atoms with E-state index in [9.17, 15) is 19.7 Å². The monoisotopic (exact) mass is 494 g/mol. The fourth-order valence-corrected chi connectivity index (χ4v) is 6.97. The van der Waals surface area contributed by atoms with Crippen LogP contribution in [0, 0.1) is 22.0 Å². The van der Waals surface area contributed by atoms with Gasteiger partial charge in [0, 0.05) is 12.1 Å². The zero-order chi connectivity index (χ0) is 24.0. The number of benzene rings is 3. The number of carbonyl (C=O) groups excluding carboxylic acids is 2. The minimum atomic E-state index is -1.36. The summed E-state index contributed by atoms with van der Waals surface area (Å²) in [5.74, 6) is -3.08. The second-order valence-electron chi connectivity index (χ2n) is 8.59. The lowest BCUT2D eigenvalue weighted by Gasteiger charge is -2.54. The lowest BCUT2D eigenvalue weighted by atomic mass is 9.54. The summed E-state index contributed by atoms with van der Waals surface area (Å²) in [7, 11) is 1.40. The lowest BCUT2D eigenvalue weighted by molar-refractivity contribution is -0.384. The molecule has 7 nitrogen and oxygen atoms in total. The number of nitro groups is 1. The maximum Gasteiger partial charge on any atom is 0.293 e. The third-order valence-corrected chi connectivity index (χ3v) is 8.49. The van der Waals surface area contributed by atoms with Crippen molar-refractivity contribution in [2.24, 2.45) is 11.8 Å². The van der Waals surface area contributed by atoms with Crippen LogP contribution in [0.15, 0.2) is 66.7 Å². The number of halogens is 2. The van der Waals surface area contributed by atoms with Gasteiger partial charge in [0.15, 0.2) is 0 Å². The first-order valence-electron chi connectivity index (χ1n) is 10.5. The molecule has 2 atom stereocenters. The Bertz CT molecular complexity index is 1320. The van der Waals surface area contributed by atoms with E-state index in [1.54, 1.807) is 0 Å². The first-order valence-corrected chi connectivity index (χ1v) is 11.3. The van der Waals surface area contributed by atoms with E-state index in [1.165, 1.54) is 25.3 Å². The van der Waals surface area contributed by atoms with Crippen molar-refractivity contribution < 1.29 is 19.2 Å². The number of nitro benzene ring substituents is 1. The van der Waals surface area contributed by atoms with Crippen LogP contribution in [0.25, 0.3) is 0 Å². The number of ether oxygens (including phenoxy) is 1. The fraction of sp³-hybridized carbons (Fsp3) is 0.200. The maximum absolute atomic E-state index is 14.0. The summed E-state index contributed by atoms with van der Waals surface area (Å²) >= 11 is 14.8. The van der Waals surface area contributed by atoms with Crippen molar-refractivity contribution in [3.05, 3.63) is 99.1 Å². The molecule has 1 aliphatic heterocycles. The number of carbonyl (C=O) groups is 2. The number of nitrogens with zero attached hydrogens (tertiary/aromatic N) is 2. The summed E-state index contributed by atoms with van der Waals surface area (Å²) < 4.78 is 5.21. The molecule has 0 saturated carbocycles. The molecule has 0 spiro atoms. The number of rotatable bonds is 3. The normalized spacial score (nSPS) is 28.4. The second-order valence-corrected chi connectivity index (χ2v) is 9.79. The van der Waals surface area contributed by atoms with Crippen LogP contribution in [-0.4, -0.2) is 23.8 Å². The summed E-state index contributed by atoms with van der Waals surface area (Å²) in [6, 6.07) is 18.5. The van der Waals surface area contributed by atoms with Gasteiger partial charge in [-0.05, 0) is 28.3 Å². The van der Waals surface area contributed by atoms with Gasteiger partial charge in [-0.15, -0.1) is 23.2 Å². The Kier molecular flexibility index (Phi) is 4.23. The molecule has 7 rings (SSSR count). The smallest absolute Gasteiger partial charge is 0.293 e. The van der Waals surface area contributed by atoms with Gasteiger partial charge in [-0.25, -0.2) is 4.90 Å². The average molecular weight is 495 g/mol. The van der Waals surface area contributed by atoms with Crippen molar-refractivity contribution in [1.82, 2.24) is 0 Å². The minimum Gasteiger partial charge on any atom is -0.497 e. The van der Waals surface area contributed by atoms with E-state index in [2.05, 4.69) is 0 Å². The molecule has 2 amide bonds. The molecule has 3 aliphatic carbocycles. The van der Waals surface area contributed by atoms with Gasteiger partial charge in [0.05, 0.1) is 23.9 Å². The highest BCUT2D eigenvalue weighted by Crippen LogP contribution is 2.69. The second kappa shape index (κ2) is 6.81. The fourth-order valence-electron chi connectivity index (χ4n) is 5.87. The van der Waals surface area contributed by atoms with Gasteiger partial charge in [-0.1, -0.05) is 48.5 Å². The highest BCUT2D eigenvalue weighted by Gasteiger charge is 2.73. The number of hydrogen-bond acceptors (Lipinski definition) is 5. The largest absolute Gasteiger partial charge is 0.497 e. The highest BCUT2D eigenvalue weighted by molar-refractivity contribution is 6.38. The van der Waals surface area contributed by atoms with Crippen LogP contribution in [0.1, 0.15) is 22.3 Å². The van der Waals surface area contributed by atoms with E-state index < -0.39 is 44.0 Å². The van der Waals surface area contributed by atoms with Crippen LogP contribution in [0.4, 0.5) is 11.4 Å². The van der Waals surface area contributed by atoms with E-state index in [1.807, 2.05) is 48.5 Å². The summed E-state index contributed by atoms with van der Waals surface area (Å²) in [5, 5.41) is 11.8. The average Bonchev–Trinajstić information content (AvgIpc) is 3.13. The van der Waals surface area contributed by atoms with Crippen molar-refractivity contribution in [2.75, 3.05) is 12.0 Å². The van der Waals surface area contributed by atoms with Gasteiger partial charge in [-0.3, -0.25) is 19.7 Å². The van der Waals surface area contributed by atoms with Gasteiger partial charge in [0.1, 0.15) is 21.2 Å². The first kappa shape index (κ1) is 21.1. The predicted molar refractivity (Wildman–Crippen MR) is 125 cm³/mol. The standard InChI is InChI=1S/C25H16Cl2N2O5/c1-34-13-10-11-18(29(32)33)19(12-13)28-22(30)20-21(23(28)31)25(27)15-7-3-2-6-14(15)24(20,26)16-8-4-5-9-17(16)25/h2-12,20-21H,1H3/t20-,21+,24?,25?. The molecular formula is C25H16Cl2N2O5. The molecule has 1 fully saturated rings. The summed E-state index contributed by atoms with van der Waals surface area (Å²) in [6.07, 6.45) is 0. The molecule has 170 valence electrons. The van der Waals surface area contributed by atoms with Crippen molar-refractivity contribution in [2.45, 2.75) is 9.75 Å². The Hall–Kier alpha value is -3.42. The van der Waals surface area contributed by atoms with Gasteiger partial charge < -0.3 is 4.74 Å². The highest BCUT2D eigenvalue weighted by atomic mass is 35.5. The van der Waals surface area contributed by atoms with E-state index in [0.717, 1.165) is 4.90 Å². The molecule has 3 aromatic rings. The van der Waals surface area contributed by atoms with Gasteiger partial charge >= 0.3 is 0 Å². The summed E-state index contributed by atoms with van der Waals surface area (Å²) in [5.41, 5.74) is 2.09. The van der Waals surface area contributed by atoms with E-state index >= 15 is 0 Å². The quantitative estimate of drug-likeness (QED) is 0.228. The molecule has 0 aromatic heterocycles. The van der Waals surface area contributed by atoms with Crippen molar-refractivity contribution >= 4 is 46.4 Å². The Morgan fingerprint density at radius 1 is 0.853 bits per heavy atom. The molecule has 0 unspecified atom stereocenters. The van der Waals surface area contributed by atoms with Gasteiger partial charge in [0.2, 0.25) is 11.8 Å². The molecule has 34 heavy (non-hydrogen) atoms. The third-order valence-electron chi connectivity index (χ3n) is 7.21. The van der Waals surface area contributed by atoms with Crippen molar-refractivity contribution in [1.29, 1.82) is 0 Å². The van der Waals surface area contributed by atoms with Crippen molar-refractivity contribution in [3.8, 4) is 5.75 Å². The molecule has 2 bridgehead atoms.